The van der Waals surface area contributed by atoms with E-state index in [0.29, 0.717) is 12.5 Å². The van der Waals surface area contributed by atoms with Gasteiger partial charge in [-0.1, -0.05) is 36.8 Å². The molecule has 0 saturated carbocycles. The predicted octanol–water partition coefficient (Wildman–Crippen LogP) is 1.74. The van der Waals surface area contributed by atoms with E-state index >= 15 is 0 Å². The summed E-state index contributed by atoms with van der Waals surface area (Å²) in [5.74, 6) is 0.647. The van der Waals surface area contributed by atoms with Crippen molar-refractivity contribution in [3.63, 3.8) is 0 Å². The molecule has 1 rings (SSSR count). The summed E-state index contributed by atoms with van der Waals surface area (Å²) in [5, 5.41) is 9.14. The molecule has 2 nitrogen and oxygen atoms in total. The summed E-state index contributed by atoms with van der Waals surface area (Å²) in [6.07, 6.45) is 0.989. The average Bonchev–Trinajstić information content (AvgIpc) is 2.23. The lowest BCUT2D eigenvalue weighted by molar-refractivity contribution is 0.187. The van der Waals surface area contributed by atoms with Crippen LogP contribution in [0.25, 0.3) is 0 Å². The fraction of sp³-hybridized carbons (Fsp3) is 0.538. The molecule has 1 aromatic carbocycles. The van der Waals surface area contributed by atoms with Gasteiger partial charge in [-0.05, 0) is 37.3 Å². The van der Waals surface area contributed by atoms with Gasteiger partial charge in [-0.15, -0.1) is 0 Å². The molecule has 0 spiro atoms. The molecule has 2 unspecified atom stereocenters. The maximum Gasteiger partial charge on any atom is 0.0474 e. The van der Waals surface area contributed by atoms with Crippen molar-refractivity contribution in [3.05, 3.63) is 35.4 Å². The maximum absolute atomic E-state index is 9.14. The van der Waals surface area contributed by atoms with Crippen LogP contribution in [0.3, 0.4) is 0 Å². The monoisotopic (exact) mass is 207 g/mol. The van der Waals surface area contributed by atoms with Gasteiger partial charge in [-0.3, -0.25) is 0 Å². The minimum atomic E-state index is 0.184. The molecule has 0 bridgehead atoms. The first-order chi connectivity index (χ1) is 7.17. The van der Waals surface area contributed by atoms with Gasteiger partial charge in [0.05, 0.1) is 0 Å². The van der Waals surface area contributed by atoms with Gasteiger partial charge in [0, 0.05) is 6.61 Å². The molecule has 0 aromatic heterocycles. The molecular formula is C13H21NO. The first kappa shape index (κ1) is 12.2. The lowest BCUT2D eigenvalue weighted by atomic mass is 9.89. The number of hydrogen-bond acceptors (Lipinski definition) is 2. The van der Waals surface area contributed by atoms with E-state index in [4.69, 9.17) is 10.8 Å². The first-order valence-corrected chi connectivity index (χ1v) is 5.53. The molecule has 15 heavy (non-hydrogen) atoms. The Morgan fingerprint density at radius 1 is 1.27 bits per heavy atom. The second-order valence-electron chi connectivity index (χ2n) is 4.35. The SMILES string of the molecule is Cc1ccc(CC(C)C(CN)CO)cc1. The Kier molecular flexibility index (Phi) is 4.79. The Bertz CT molecular complexity index is 277. The van der Waals surface area contributed by atoms with Crippen molar-refractivity contribution in [3.8, 4) is 0 Å². The largest absolute Gasteiger partial charge is 0.396 e. The average molecular weight is 207 g/mol. The van der Waals surface area contributed by atoms with Crippen molar-refractivity contribution in [2.24, 2.45) is 17.6 Å². The summed E-state index contributed by atoms with van der Waals surface area (Å²) < 4.78 is 0. The van der Waals surface area contributed by atoms with Gasteiger partial charge < -0.3 is 10.8 Å². The van der Waals surface area contributed by atoms with Crippen molar-refractivity contribution in [2.45, 2.75) is 20.3 Å². The van der Waals surface area contributed by atoms with Crippen molar-refractivity contribution in [2.75, 3.05) is 13.2 Å². The Hall–Kier alpha value is -0.860. The molecule has 0 aliphatic heterocycles. The summed E-state index contributed by atoms with van der Waals surface area (Å²) in [6, 6.07) is 8.55. The molecule has 3 N–H and O–H groups in total. The van der Waals surface area contributed by atoms with Crippen LogP contribution in [0.4, 0.5) is 0 Å². The Morgan fingerprint density at radius 3 is 2.33 bits per heavy atom. The van der Waals surface area contributed by atoms with E-state index in [-0.39, 0.29) is 12.5 Å². The van der Waals surface area contributed by atoms with Crippen LogP contribution in [0.15, 0.2) is 24.3 Å². The van der Waals surface area contributed by atoms with Gasteiger partial charge in [-0.2, -0.15) is 0 Å². The molecule has 0 amide bonds. The first-order valence-electron chi connectivity index (χ1n) is 5.53. The summed E-state index contributed by atoms with van der Waals surface area (Å²) in [5.41, 5.74) is 8.20. The number of rotatable bonds is 5. The normalized spacial score (nSPS) is 14.9. The van der Waals surface area contributed by atoms with Gasteiger partial charge in [0.2, 0.25) is 0 Å². The van der Waals surface area contributed by atoms with Crippen molar-refractivity contribution < 1.29 is 5.11 Å². The van der Waals surface area contributed by atoms with E-state index < -0.39 is 0 Å². The Balaban J connectivity index is 2.57. The zero-order chi connectivity index (χ0) is 11.3. The maximum atomic E-state index is 9.14. The van der Waals surface area contributed by atoms with Crippen LogP contribution in [0.5, 0.6) is 0 Å². The molecule has 0 aliphatic carbocycles. The van der Waals surface area contributed by atoms with Crippen LogP contribution in [-0.2, 0) is 6.42 Å². The minimum absolute atomic E-state index is 0.184. The van der Waals surface area contributed by atoms with Crippen LogP contribution < -0.4 is 5.73 Å². The molecule has 0 saturated heterocycles. The van der Waals surface area contributed by atoms with Gasteiger partial charge in [0.25, 0.3) is 0 Å². The third-order valence-electron chi connectivity index (χ3n) is 3.02. The van der Waals surface area contributed by atoms with Gasteiger partial charge >= 0.3 is 0 Å². The number of aliphatic hydroxyl groups excluding tert-OH is 1. The molecule has 0 fully saturated rings. The zero-order valence-electron chi connectivity index (χ0n) is 9.61. The lowest BCUT2D eigenvalue weighted by Gasteiger charge is -2.20. The van der Waals surface area contributed by atoms with Gasteiger partial charge in [-0.25, -0.2) is 0 Å². The third kappa shape index (κ3) is 3.65. The van der Waals surface area contributed by atoms with E-state index in [1.165, 1.54) is 11.1 Å². The van der Waals surface area contributed by atoms with Gasteiger partial charge in [0.1, 0.15) is 0 Å². The second kappa shape index (κ2) is 5.89. The lowest BCUT2D eigenvalue weighted by Crippen LogP contribution is -2.26. The molecule has 0 radical (unpaired) electrons. The van der Waals surface area contributed by atoms with Gasteiger partial charge in [0.15, 0.2) is 0 Å². The second-order valence-corrected chi connectivity index (χ2v) is 4.35. The fourth-order valence-electron chi connectivity index (χ4n) is 1.75. The highest BCUT2D eigenvalue weighted by Crippen LogP contribution is 2.16. The Labute approximate surface area is 92.1 Å². The van der Waals surface area contributed by atoms with Crippen LogP contribution in [0.2, 0.25) is 0 Å². The van der Waals surface area contributed by atoms with Crippen molar-refractivity contribution in [1.82, 2.24) is 0 Å². The topological polar surface area (TPSA) is 46.2 Å². The highest BCUT2D eigenvalue weighted by Gasteiger charge is 2.14. The number of nitrogens with two attached hydrogens (primary N) is 1. The number of aryl methyl sites for hydroxylation is 1. The molecule has 2 heteroatoms. The zero-order valence-corrected chi connectivity index (χ0v) is 9.61. The highest BCUT2D eigenvalue weighted by atomic mass is 16.3. The molecule has 0 aliphatic rings. The Morgan fingerprint density at radius 2 is 1.87 bits per heavy atom. The van der Waals surface area contributed by atoms with E-state index in [0.717, 1.165) is 6.42 Å². The summed E-state index contributed by atoms with van der Waals surface area (Å²) >= 11 is 0. The minimum Gasteiger partial charge on any atom is -0.396 e. The van der Waals surface area contributed by atoms with Crippen LogP contribution in [-0.4, -0.2) is 18.3 Å². The van der Waals surface area contributed by atoms with E-state index in [1.54, 1.807) is 0 Å². The van der Waals surface area contributed by atoms with Crippen molar-refractivity contribution in [1.29, 1.82) is 0 Å². The molecule has 2 atom stereocenters. The third-order valence-corrected chi connectivity index (χ3v) is 3.02. The quantitative estimate of drug-likeness (QED) is 0.772. The van der Waals surface area contributed by atoms with Crippen LogP contribution in [0.1, 0.15) is 18.1 Å². The highest BCUT2D eigenvalue weighted by molar-refractivity contribution is 5.21. The van der Waals surface area contributed by atoms with E-state index in [2.05, 4.69) is 38.1 Å². The van der Waals surface area contributed by atoms with Crippen LogP contribution in [0, 0.1) is 18.8 Å². The van der Waals surface area contributed by atoms with E-state index in [9.17, 15) is 0 Å². The number of benzene rings is 1. The van der Waals surface area contributed by atoms with E-state index in [1.807, 2.05) is 0 Å². The number of hydrogen-bond donors (Lipinski definition) is 2. The fourth-order valence-corrected chi connectivity index (χ4v) is 1.75. The predicted molar refractivity (Wildman–Crippen MR) is 63.7 cm³/mol. The molecule has 0 heterocycles. The molecule has 1 aromatic rings. The smallest absolute Gasteiger partial charge is 0.0474 e. The summed E-state index contributed by atoms with van der Waals surface area (Å²) in [7, 11) is 0. The molecule has 84 valence electrons. The van der Waals surface area contributed by atoms with Crippen LogP contribution >= 0.6 is 0 Å². The molecular weight excluding hydrogens is 186 g/mol. The summed E-state index contributed by atoms with van der Waals surface area (Å²) in [4.78, 5) is 0. The summed E-state index contributed by atoms with van der Waals surface area (Å²) in [6.45, 7) is 4.98. The van der Waals surface area contributed by atoms with Crippen molar-refractivity contribution >= 4 is 0 Å². The number of aliphatic hydroxyl groups is 1. The standard InChI is InChI=1S/C13H21NO/c1-10-3-5-12(6-4-10)7-11(2)13(8-14)9-15/h3-6,11,13,15H,7-9,14H2,1-2H3.